The molecule has 18 heavy (non-hydrogen) atoms. The van der Waals surface area contributed by atoms with Crippen molar-refractivity contribution in [3.8, 4) is 0 Å². The van der Waals surface area contributed by atoms with Crippen molar-refractivity contribution in [2.24, 2.45) is 0 Å². The molecule has 1 aromatic rings. The average Bonchev–Trinajstić information content (AvgIpc) is 2.77. The quantitative estimate of drug-likeness (QED) is 0.677. The molecule has 4 nitrogen and oxygen atoms in total. The summed E-state index contributed by atoms with van der Waals surface area (Å²) in [6.45, 7) is 9.73. The number of H-pyrrole nitrogens is 1. The molecule has 0 aliphatic rings. The largest absolute Gasteiger partial charge is 0.313 e. The molecule has 0 amide bonds. The van der Waals surface area contributed by atoms with Crippen LogP contribution in [0.5, 0.6) is 0 Å². The van der Waals surface area contributed by atoms with Crippen molar-refractivity contribution in [3.05, 3.63) is 5.82 Å². The lowest BCUT2D eigenvalue weighted by Crippen LogP contribution is -2.38. The Morgan fingerprint density at radius 3 is 2.56 bits per heavy atom. The number of hydrogen-bond acceptors (Lipinski definition) is 4. The molecule has 0 saturated heterocycles. The average molecular weight is 270 g/mol. The summed E-state index contributed by atoms with van der Waals surface area (Å²) < 4.78 is 0. The fraction of sp³-hybridized carbons (Fsp3) is 0.846. The third-order valence-electron chi connectivity index (χ3n) is 2.94. The van der Waals surface area contributed by atoms with E-state index in [9.17, 15) is 0 Å². The van der Waals surface area contributed by atoms with Gasteiger partial charge in [-0.25, -0.2) is 4.98 Å². The Balaban J connectivity index is 2.59. The number of rotatable bonds is 9. The summed E-state index contributed by atoms with van der Waals surface area (Å²) >= 11 is 1.79. The van der Waals surface area contributed by atoms with Gasteiger partial charge in [0.15, 0.2) is 0 Å². The number of aromatic amines is 1. The second-order valence-corrected chi connectivity index (χ2v) is 5.82. The van der Waals surface area contributed by atoms with E-state index in [0.29, 0.717) is 11.3 Å². The summed E-state index contributed by atoms with van der Waals surface area (Å²) in [4.78, 5) is 4.39. The number of thioether (sulfide) groups is 1. The summed E-state index contributed by atoms with van der Waals surface area (Å²) in [6, 6.07) is 0.559. The van der Waals surface area contributed by atoms with E-state index < -0.39 is 0 Å². The molecule has 5 heteroatoms. The predicted octanol–water partition coefficient (Wildman–Crippen LogP) is 3.15. The second kappa shape index (κ2) is 8.53. The maximum atomic E-state index is 4.39. The summed E-state index contributed by atoms with van der Waals surface area (Å²) in [6.07, 6.45) is 4.75. The Hall–Kier alpha value is -0.550. The molecule has 2 N–H and O–H groups in total. The first-order valence-electron chi connectivity index (χ1n) is 7.00. The minimum absolute atomic E-state index is 0.548. The van der Waals surface area contributed by atoms with Gasteiger partial charge in [-0.1, -0.05) is 39.0 Å². The Labute approximate surface area is 115 Å². The van der Waals surface area contributed by atoms with Crippen LogP contribution in [-0.4, -0.2) is 33.0 Å². The van der Waals surface area contributed by atoms with E-state index in [4.69, 9.17) is 0 Å². The first-order chi connectivity index (χ1) is 8.71. The van der Waals surface area contributed by atoms with Crippen LogP contribution in [-0.2, 0) is 0 Å². The van der Waals surface area contributed by atoms with Crippen molar-refractivity contribution in [1.82, 2.24) is 20.5 Å². The molecule has 2 atom stereocenters. The molecule has 0 fully saturated rings. The summed E-state index contributed by atoms with van der Waals surface area (Å²) in [5.41, 5.74) is 0. The molecule has 0 bridgehead atoms. The lowest BCUT2D eigenvalue weighted by molar-refractivity contribution is 0.454. The highest BCUT2D eigenvalue weighted by Gasteiger charge is 2.21. The van der Waals surface area contributed by atoms with E-state index in [1.54, 1.807) is 11.8 Å². The van der Waals surface area contributed by atoms with Gasteiger partial charge in [-0.05, 0) is 32.7 Å². The second-order valence-electron chi connectivity index (χ2n) is 4.62. The van der Waals surface area contributed by atoms with E-state index in [-0.39, 0.29) is 0 Å². The fourth-order valence-electron chi connectivity index (χ4n) is 2.02. The van der Waals surface area contributed by atoms with Gasteiger partial charge in [0.1, 0.15) is 5.82 Å². The zero-order valence-corrected chi connectivity index (χ0v) is 12.8. The first kappa shape index (κ1) is 15.5. The van der Waals surface area contributed by atoms with Crippen LogP contribution in [0.1, 0.15) is 52.3 Å². The first-order valence-corrected chi connectivity index (χ1v) is 7.88. The van der Waals surface area contributed by atoms with E-state index in [2.05, 4.69) is 41.3 Å². The molecule has 1 heterocycles. The van der Waals surface area contributed by atoms with Gasteiger partial charge < -0.3 is 5.32 Å². The van der Waals surface area contributed by atoms with Crippen LogP contribution >= 0.6 is 11.8 Å². The molecule has 0 aliphatic carbocycles. The maximum absolute atomic E-state index is 4.39. The highest BCUT2D eigenvalue weighted by atomic mass is 32.2. The van der Waals surface area contributed by atoms with Gasteiger partial charge in [-0.2, -0.15) is 0 Å². The molecular weight excluding hydrogens is 244 g/mol. The predicted molar refractivity (Wildman–Crippen MR) is 78.0 cm³/mol. The molecule has 104 valence electrons. The van der Waals surface area contributed by atoms with Crippen LogP contribution in [0.15, 0.2) is 5.16 Å². The molecule has 0 radical (unpaired) electrons. The van der Waals surface area contributed by atoms with E-state index in [1.165, 1.54) is 19.3 Å². The summed E-state index contributed by atoms with van der Waals surface area (Å²) in [5, 5.41) is 12.2. The zero-order chi connectivity index (χ0) is 13.4. The third-order valence-corrected chi connectivity index (χ3v) is 4.30. The summed E-state index contributed by atoms with van der Waals surface area (Å²) in [7, 11) is 0. The van der Waals surface area contributed by atoms with Crippen LogP contribution in [0.3, 0.4) is 0 Å². The highest BCUT2D eigenvalue weighted by Crippen LogP contribution is 2.26. The topological polar surface area (TPSA) is 53.6 Å². The molecule has 0 aliphatic heterocycles. The number of aromatic nitrogens is 3. The monoisotopic (exact) mass is 270 g/mol. The minimum Gasteiger partial charge on any atom is -0.313 e. The van der Waals surface area contributed by atoms with Crippen molar-refractivity contribution in [2.75, 3.05) is 6.54 Å². The number of aryl methyl sites for hydroxylation is 1. The Bertz CT molecular complexity index is 327. The molecule has 0 spiro atoms. The fourth-order valence-corrected chi connectivity index (χ4v) is 3.14. The zero-order valence-electron chi connectivity index (χ0n) is 12.0. The lowest BCUT2D eigenvalue weighted by atomic mass is 10.1. The van der Waals surface area contributed by atoms with Gasteiger partial charge in [0.05, 0.1) is 0 Å². The Morgan fingerprint density at radius 1 is 1.28 bits per heavy atom. The highest BCUT2D eigenvalue weighted by molar-refractivity contribution is 7.99. The Morgan fingerprint density at radius 2 is 2.06 bits per heavy atom. The van der Waals surface area contributed by atoms with Gasteiger partial charge in [0.2, 0.25) is 5.16 Å². The number of nitrogens with zero attached hydrogens (tertiary/aromatic N) is 2. The SMILES string of the molecule is CCCNC(CCC)C(CC)Sc1n[nH]c(C)n1. The Kier molecular flexibility index (Phi) is 7.35. The van der Waals surface area contributed by atoms with Gasteiger partial charge in [-0.15, -0.1) is 5.10 Å². The van der Waals surface area contributed by atoms with Crippen LogP contribution < -0.4 is 5.32 Å². The smallest absolute Gasteiger partial charge is 0.208 e. The minimum atomic E-state index is 0.548. The van der Waals surface area contributed by atoms with Gasteiger partial charge >= 0.3 is 0 Å². The van der Waals surface area contributed by atoms with E-state index >= 15 is 0 Å². The normalized spacial score (nSPS) is 14.7. The van der Waals surface area contributed by atoms with Crippen LogP contribution in [0, 0.1) is 6.92 Å². The number of hydrogen-bond donors (Lipinski definition) is 2. The lowest BCUT2D eigenvalue weighted by Gasteiger charge is -2.25. The molecular formula is C13H26N4S. The van der Waals surface area contributed by atoms with E-state index in [1.807, 2.05) is 6.92 Å². The van der Waals surface area contributed by atoms with Crippen LogP contribution in [0.25, 0.3) is 0 Å². The van der Waals surface area contributed by atoms with Crippen molar-refractivity contribution >= 4 is 11.8 Å². The van der Waals surface area contributed by atoms with Crippen molar-refractivity contribution in [3.63, 3.8) is 0 Å². The molecule has 0 saturated carbocycles. The maximum Gasteiger partial charge on any atom is 0.208 e. The van der Waals surface area contributed by atoms with Crippen molar-refractivity contribution in [1.29, 1.82) is 0 Å². The number of nitrogens with one attached hydrogen (secondary N) is 2. The van der Waals surface area contributed by atoms with Crippen LogP contribution in [0.4, 0.5) is 0 Å². The molecule has 0 aromatic carbocycles. The van der Waals surface area contributed by atoms with Gasteiger partial charge in [0.25, 0.3) is 0 Å². The van der Waals surface area contributed by atoms with Crippen molar-refractivity contribution in [2.45, 2.75) is 69.8 Å². The standard InChI is InChI=1S/C13H26N4S/c1-5-8-11(14-9-6-2)12(7-3)18-13-15-10(4)16-17-13/h11-12,14H,5-9H2,1-4H3,(H,15,16,17). The van der Waals surface area contributed by atoms with Crippen LogP contribution in [0.2, 0.25) is 0 Å². The molecule has 2 unspecified atom stereocenters. The van der Waals surface area contributed by atoms with Gasteiger partial charge in [0, 0.05) is 11.3 Å². The molecule has 1 rings (SSSR count). The van der Waals surface area contributed by atoms with Crippen molar-refractivity contribution < 1.29 is 0 Å². The third kappa shape index (κ3) is 4.98. The van der Waals surface area contributed by atoms with E-state index in [0.717, 1.165) is 23.9 Å². The summed E-state index contributed by atoms with van der Waals surface area (Å²) in [5.74, 6) is 0.890. The van der Waals surface area contributed by atoms with Gasteiger partial charge in [-0.3, -0.25) is 5.10 Å². The molecule has 1 aromatic heterocycles.